The molecule has 1 aromatic heterocycles. The first-order chi connectivity index (χ1) is 11.6. The number of pyridine rings is 1. The minimum Gasteiger partial charge on any atom is -0.493 e. The Morgan fingerprint density at radius 2 is 1.83 bits per heavy atom. The van der Waals surface area contributed by atoms with Crippen LogP contribution in [0.1, 0.15) is 5.56 Å². The molecule has 1 heterocycles. The minimum atomic E-state index is -0.373. The molecule has 0 bridgehead atoms. The Morgan fingerprint density at radius 3 is 2.50 bits per heavy atom. The zero-order valence-corrected chi connectivity index (χ0v) is 13.6. The van der Waals surface area contributed by atoms with Crippen molar-refractivity contribution in [3.8, 4) is 22.6 Å². The number of nitro benzene ring substituents is 1. The molecule has 122 valence electrons. The molecule has 2 aromatic carbocycles. The Bertz CT molecular complexity index is 932. The summed E-state index contributed by atoms with van der Waals surface area (Å²) in [7, 11) is 3.14. The number of nitro groups is 1. The number of hydrogen-bond acceptors (Lipinski definition) is 5. The zero-order chi connectivity index (χ0) is 17.3. The van der Waals surface area contributed by atoms with E-state index < -0.39 is 0 Å². The first-order valence-electron chi connectivity index (χ1n) is 7.31. The van der Waals surface area contributed by atoms with Crippen molar-refractivity contribution in [1.29, 1.82) is 0 Å². The number of hydrogen-bond donors (Lipinski definition) is 0. The summed E-state index contributed by atoms with van der Waals surface area (Å²) >= 11 is 0. The summed E-state index contributed by atoms with van der Waals surface area (Å²) in [6.45, 7) is 1.89. The second kappa shape index (κ2) is 6.16. The van der Waals surface area contributed by atoms with Gasteiger partial charge in [-0.15, -0.1) is 0 Å². The molecular weight excluding hydrogens is 308 g/mol. The molecule has 3 rings (SSSR count). The van der Waals surface area contributed by atoms with Gasteiger partial charge in [-0.3, -0.25) is 15.1 Å². The van der Waals surface area contributed by atoms with Crippen LogP contribution in [-0.2, 0) is 0 Å². The summed E-state index contributed by atoms with van der Waals surface area (Å²) in [6, 6.07) is 8.63. The predicted octanol–water partition coefficient (Wildman–Crippen LogP) is 4.14. The van der Waals surface area contributed by atoms with Gasteiger partial charge >= 0.3 is 0 Å². The lowest BCUT2D eigenvalue weighted by Crippen LogP contribution is -1.97. The Morgan fingerprint density at radius 1 is 1.04 bits per heavy atom. The summed E-state index contributed by atoms with van der Waals surface area (Å²) in [5.74, 6) is 1.21. The van der Waals surface area contributed by atoms with E-state index in [1.807, 2.05) is 19.1 Å². The molecule has 6 nitrogen and oxygen atoms in total. The smallest absolute Gasteiger partial charge is 0.277 e. The van der Waals surface area contributed by atoms with Crippen molar-refractivity contribution >= 4 is 16.5 Å². The van der Waals surface area contributed by atoms with Crippen LogP contribution in [-0.4, -0.2) is 24.1 Å². The fourth-order valence-corrected chi connectivity index (χ4v) is 2.94. The third kappa shape index (κ3) is 2.42. The van der Waals surface area contributed by atoms with Crippen LogP contribution in [0.3, 0.4) is 0 Å². The van der Waals surface area contributed by atoms with Gasteiger partial charge in [0.05, 0.1) is 24.5 Å². The fourth-order valence-electron chi connectivity index (χ4n) is 2.94. The Kier molecular flexibility index (Phi) is 4.04. The van der Waals surface area contributed by atoms with E-state index in [0.717, 1.165) is 16.5 Å². The maximum absolute atomic E-state index is 11.4. The van der Waals surface area contributed by atoms with Crippen molar-refractivity contribution in [3.05, 3.63) is 58.4 Å². The van der Waals surface area contributed by atoms with Crippen LogP contribution in [0.2, 0.25) is 0 Å². The van der Waals surface area contributed by atoms with E-state index in [9.17, 15) is 10.1 Å². The molecule has 0 radical (unpaired) electrons. The zero-order valence-electron chi connectivity index (χ0n) is 13.6. The molecular formula is C18H16N2O4. The topological polar surface area (TPSA) is 74.5 Å². The largest absolute Gasteiger partial charge is 0.493 e. The van der Waals surface area contributed by atoms with E-state index in [1.54, 1.807) is 38.7 Å². The van der Waals surface area contributed by atoms with Crippen LogP contribution in [0.15, 0.2) is 42.7 Å². The third-order valence-corrected chi connectivity index (χ3v) is 4.04. The monoisotopic (exact) mass is 324 g/mol. The number of ether oxygens (including phenoxy) is 2. The number of aromatic nitrogens is 1. The molecule has 0 saturated heterocycles. The average molecular weight is 324 g/mol. The van der Waals surface area contributed by atoms with Crippen LogP contribution in [0.4, 0.5) is 5.69 Å². The molecule has 6 heteroatoms. The van der Waals surface area contributed by atoms with Gasteiger partial charge in [-0.2, -0.15) is 0 Å². The van der Waals surface area contributed by atoms with Gasteiger partial charge in [-0.1, -0.05) is 18.2 Å². The van der Waals surface area contributed by atoms with E-state index in [2.05, 4.69) is 4.98 Å². The number of rotatable bonds is 4. The van der Waals surface area contributed by atoms with Crippen molar-refractivity contribution in [2.45, 2.75) is 6.92 Å². The highest BCUT2D eigenvalue weighted by Gasteiger charge is 2.19. The van der Waals surface area contributed by atoms with Gasteiger partial charge in [0.25, 0.3) is 5.69 Å². The van der Waals surface area contributed by atoms with Gasteiger partial charge < -0.3 is 9.47 Å². The second-order valence-corrected chi connectivity index (χ2v) is 5.29. The molecule has 0 aliphatic heterocycles. The van der Waals surface area contributed by atoms with Gasteiger partial charge in [0.15, 0.2) is 11.5 Å². The summed E-state index contributed by atoms with van der Waals surface area (Å²) < 4.78 is 10.7. The van der Waals surface area contributed by atoms with Crippen LogP contribution >= 0.6 is 0 Å². The van der Waals surface area contributed by atoms with Crippen molar-refractivity contribution < 1.29 is 14.4 Å². The van der Waals surface area contributed by atoms with Crippen LogP contribution in [0, 0.1) is 17.0 Å². The standard InChI is InChI=1S/C18H16N2O4/c1-11-13(7-8-16(23-2)18(11)24-3)14-10-19-9-12-5-4-6-15(17(12)14)20(21)22/h4-10H,1-3H3. The highest BCUT2D eigenvalue weighted by molar-refractivity contribution is 6.02. The first-order valence-corrected chi connectivity index (χ1v) is 7.31. The van der Waals surface area contributed by atoms with E-state index in [1.165, 1.54) is 6.07 Å². The summed E-state index contributed by atoms with van der Waals surface area (Å²) in [4.78, 5) is 15.3. The van der Waals surface area contributed by atoms with E-state index in [4.69, 9.17) is 9.47 Å². The van der Waals surface area contributed by atoms with Crippen molar-refractivity contribution in [3.63, 3.8) is 0 Å². The fraction of sp³-hybridized carbons (Fsp3) is 0.167. The second-order valence-electron chi connectivity index (χ2n) is 5.29. The molecule has 3 aromatic rings. The quantitative estimate of drug-likeness (QED) is 0.533. The van der Waals surface area contributed by atoms with Crippen LogP contribution in [0.5, 0.6) is 11.5 Å². The highest BCUT2D eigenvalue weighted by atomic mass is 16.6. The summed E-state index contributed by atoms with van der Waals surface area (Å²) in [5.41, 5.74) is 2.40. The maximum Gasteiger partial charge on any atom is 0.277 e. The van der Waals surface area contributed by atoms with Crippen molar-refractivity contribution in [2.75, 3.05) is 14.2 Å². The Balaban J connectivity index is 2.37. The Hall–Kier alpha value is -3.15. The van der Waals surface area contributed by atoms with Gasteiger partial charge in [-0.25, -0.2) is 0 Å². The SMILES string of the molecule is COc1ccc(-c2cncc3cccc([N+](=O)[O-])c23)c(C)c1OC. The molecule has 0 unspecified atom stereocenters. The van der Waals surface area contributed by atoms with E-state index >= 15 is 0 Å². The van der Waals surface area contributed by atoms with Crippen LogP contribution in [0.25, 0.3) is 21.9 Å². The van der Waals surface area contributed by atoms with Gasteiger partial charge in [-0.05, 0) is 18.6 Å². The first kappa shape index (κ1) is 15.7. The number of methoxy groups -OCH3 is 2. The normalized spacial score (nSPS) is 10.6. The van der Waals surface area contributed by atoms with Crippen molar-refractivity contribution in [1.82, 2.24) is 4.98 Å². The average Bonchev–Trinajstić information content (AvgIpc) is 2.60. The summed E-state index contributed by atoms with van der Waals surface area (Å²) in [5, 5.41) is 12.7. The lowest BCUT2D eigenvalue weighted by atomic mass is 9.95. The molecule has 0 N–H and O–H groups in total. The van der Waals surface area contributed by atoms with E-state index in [-0.39, 0.29) is 10.6 Å². The van der Waals surface area contributed by atoms with Crippen molar-refractivity contribution in [2.24, 2.45) is 0 Å². The van der Waals surface area contributed by atoms with Gasteiger partial charge in [0.1, 0.15) is 0 Å². The molecule has 0 aliphatic rings. The lowest BCUT2D eigenvalue weighted by molar-refractivity contribution is -0.383. The molecule has 0 saturated carbocycles. The van der Waals surface area contributed by atoms with Gasteiger partial charge in [0, 0.05) is 35.0 Å². The predicted molar refractivity (Wildman–Crippen MR) is 91.7 cm³/mol. The molecule has 0 spiro atoms. The molecule has 0 atom stereocenters. The summed E-state index contributed by atoms with van der Waals surface area (Å²) in [6.07, 6.45) is 3.27. The highest BCUT2D eigenvalue weighted by Crippen LogP contribution is 2.41. The molecule has 0 amide bonds. The number of benzene rings is 2. The van der Waals surface area contributed by atoms with Gasteiger partial charge in [0.2, 0.25) is 0 Å². The molecule has 24 heavy (non-hydrogen) atoms. The Labute approximate surface area is 138 Å². The number of nitrogens with zero attached hydrogens (tertiary/aromatic N) is 2. The molecule has 0 fully saturated rings. The number of fused-ring (bicyclic) bond motifs is 1. The maximum atomic E-state index is 11.4. The number of non-ortho nitro benzene ring substituents is 1. The van der Waals surface area contributed by atoms with E-state index in [0.29, 0.717) is 22.4 Å². The van der Waals surface area contributed by atoms with Crippen LogP contribution < -0.4 is 9.47 Å². The molecule has 0 aliphatic carbocycles. The third-order valence-electron chi connectivity index (χ3n) is 4.04. The minimum absolute atomic E-state index is 0.0547. The lowest BCUT2D eigenvalue weighted by Gasteiger charge is -2.15.